The predicted molar refractivity (Wildman–Crippen MR) is 70.9 cm³/mol. The van der Waals surface area contributed by atoms with E-state index in [1.54, 1.807) is 13.2 Å². The Bertz CT molecular complexity index is 486. The molecular formula is C13H16N2O2S. The fraction of sp³-hybridized carbons (Fsp3) is 0.462. The molecule has 0 saturated carbocycles. The van der Waals surface area contributed by atoms with Crippen LogP contribution >= 0.6 is 0 Å². The van der Waals surface area contributed by atoms with Crippen LogP contribution in [0.2, 0.25) is 0 Å². The van der Waals surface area contributed by atoms with Gasteiger partial charge in [-0.05, 0) is 17.7 Å². The molecule has 0 bridgehead atoms. The molecule has 0 unspecified atom stereocenters. The van der Waals surface area contributed by atoms with Crippen LogP contribution in [-0.2, 0) is 17.3 Å². The second-order valence-corrected chi connectivity index (χ2v) is 5.97. The van der Waals surface area contributed by atoms with Crippen LogP contribution in [0.4, 0.5) is 0 Å². The minimum atomic E-state index is -0.639. The van der Waals surface area contributed by atoms with E-state index in [0.29, 0.717) is 11.3 Å². The fourth-order valence-corrected chi connectivity index (χ4v) is 3.15. The van der Waals surface area contributed by atoms with Crippen molar-refractivity contribution in [2.24, 2.45) is 0 Å². The summed E-state index contributed by atoms with van der Waals surface area (Å²) in [6, 6.07) is 7.75. The molecule has 0 amide bonds. The molecule has 5 heteroatoms. The van der Waals surface area contributed by atoms with Gasteiger partial charge in [-0.1, -0.05) is 6.07 Å². The van der Waals surface area contributed by atoms with E-state index in [-0.39, 0.29) is 0 Å². The summed E-state index contributed by atoms with van der Waals surface area (Å²) in [7, 11) is 0.934. The number of hydrogen-bond donors (Lipinski definition) is 0. The van der Waals surface area contributed by atoms with E-state index in [0.717, 1.165) is 36.7 Å². The van der Waals surface area contributed by atoms with Gasteiger partial charge in [0.1, 0.15) is 11.8 Å². The fourth-order valence-electron chi connectivity index (χ4n) is 2.02. The predicted octanol–water partition coefficient (Wildman–Crippen LogP) is 1.13. The SMILES string of the molecule is COc1cc(CN2CCS(=O)CC2)ccc1C#N. The first-order chi connectivity index (χ1) is 8.72. The molecule has 1 saturated heterocycles. The summed E-state index contributed by atoms with van der Waals surface area (Å²) in [5.41, 5.74) is 1.68. The Balaban J connectivity index is 2.06. The highest BCUT2D eigenvalue weighted by Gasteiger charge is 2.15. The highest BCUT2D eigenvalue weighted by atomic mass is 32.2. The van der Waals surface area contributed by atoms with Crippen LogP contribution < -0.4 is 4.74 Å². The topological polar surface area (TPSA) is 53.3 Å². The first-order valence-electron chi connectivity index (χ1n) is 5.87. The molecule has 1 fully saturated rings. The number of benzene rings is 1. The third kappa shape index (κ3) is 3.09. The van der Waals surface area contributed by atoms with Crippen molar-refractivity contribution in [2.75, 3.05) is 31.7 Å². The highest BCUT2D eigenvalue weighted by molar-refractivity contribution is 7.85. The first kappa shape index (κ1) is 13.1. The van der Waals surface area contributed by atoms with Gasteiger partial charge in [-0.2, -0.15) is 5.26 Å². The number of nitriles is 1. The van der Waals surface area contributed by atoms with E-state index in [9.17, 15) is 4.21 Å². The minimum absolute atomic E-state index is 0.556. The minimum Gasteiger partial charge on any atom is -0.495 e. The van der Waals surface area contributed by atoms with E-state index in [1.165, 1.54) is 0 Å². The van der Waals surface area contributed by atoms with E-state index in [1.807, 2.05) is 12.1 Å². The number of hydrogen-bond acceptors (Lipinski definition) is 4. The molecule has 1 aromatic carbocycles. The summed E-state index contributed by atoms with van der Waals surface area (Å²) in [6.45, 7) is 2.56. The van der Waals surface area contributed by atoms with E-state index in [4.69, 9.17) is 10.00 Å². The maximum atomic E-state index is 11.3. The van der Waals surface area contributed by atoms with Crippen molar-refractivity contribution in [1.29, 1.82) is 5.26 Å². The number of nitrogens with zero attached hydrogens (tertiary/aromatic N) is 2. The van der Waals surface area contributed by atoms with Gasteiger partial charge >= 0.3 is 0 Å². The Hall–Kier alpha value is -1.38. The quantitative estimate of drug-likeness (QED) is 0.821. The maximum absolute atomic E-state index is 11.3. The Morgan fingerprint density at radius 3 is 2.78 bits per heavy atom. The van der Waals surface area contributed by atoms with Crippen LogP contribution in [0.15, 0.2) is 18.2 Å². The Morgan fingerprint density at radius 1 is 1.44 bits per heavy atom. The number of rotatable bonds is 3. The number of methoxy groups -OCH3 is 1. The van der Waals surface area contributed by atoms with E-state index >= 15 is 0 Å². The summed E-state index contributed by atoms with van der Waals surface area (Å²) < 4.78 is 16.5. The zero-order chi connectivity index (χ0) is 13.0. The summed E-state index contributed by atoms with van der Waals surface area (Å²) >= 11 is 0. The van der Waals surface area contributed by atoms with Crippen LogP contribution in [0, 0.1) is 11.3 Å². The summed E-state index contributed by atoms with van der Waals surface area (Å²) in [4.78, 5) is 2.28. The lowest BCUT2D eigenvalue weighted by molar-refractivity contribution is 0.291. The van der Waals surface area contributed by atoms with Gasteiger partial charge in [-0.15, -0.1) is 0 Å². The van der Waals surface area contributed by atoms with Crippen molar-refractivity contribution in [1.82, 2.24) is 4.90 Å². The van der Waals surface area contributed by atoms with Crippen molar-refractivity contribution < 1.29 is 8.95 Å². The largest absolute Gasteiger partial charge is 0.495 e. The van der Waals surface area contributed by atoms with Gasteiger partial charge < -0.3 is 4.74 Å². The molecule has 1 heterocycles. The summed E-state index contributed by atoms with van der Waals surface area (Å²) in [6.07, 6.45) is 0. The molecule has 2 rings (SSSR count). The van der Waals surface area contributed by atoms with Crippen LogP contribution in [0.25, 0.3) is 0 Å². The van der Waals surface area contributed by atoms with Crippen molar-refractivity contribution in [3.05, 3.63) is 29.3 Å². The van der Waals surface area contributed by atoms with E-state index < -0.39 is 10.8 Å². The summed E-state index contributed by atoms with van der Waals surface area (Å²) in [5, 5.41) is 8.92. The molecule has 18 heavy (non-hydrogen) atoms. The third-order valence-corrected chi connectivity index (χ3v) is 4.34. The van der Waals surface area contributed by atoms with Gasteiger partial charge in [0.2, 0.25) is 0 Å². The second-order valence-electron chi connectivity index (χ2n) is 4.27. The molecule has 0 spiro atoms. The van der Waals surface area contributed by atoms with Crippen LogP contribution in [0.3, 0.4) is 0 Å². The molecular weight excluding hydrogens is 248 g/mol. The van der Waals surface area contributed by atoms with Crippen LogP contribution in [0.1, 0.15) is 11.1 Å². The average Bonchev–Trinajstić information content (AvgIpc) is 2.41. The van der Waals surface area contributed by atoms with Crippen molar-refractivity contribution in [2.45, 2.75) is 6.54 Å². The number of ether oxygens (including phenoxy) is 1. The van der Waals surface area contributed by atoms with Crippen molar-refractivity contribution in [3.63, 3.8) is 0 Å². The molecule has 0 radical (unpaired) electrons. The molecule has 0 N–H and O–H groups in total. The molecule has 0 atom stereocenters. The Morgan fingerprint density at radius 2 is 2.17 bits per heavy atom. The molecule has 1 aliphatic rings. The van der Waals surface area contributed by atoms with Crippen LogP contribution in [0.5, 0.6) is 5.75 Å². The second kappa shape index (κ2) is 5.98. The Kier molecular flexibility index (Phi) is 4.34. The van der Waals surface area contributed by atoms with Gasteiger partial charge in [-0.25, -0.2) is 0 Å². The van der Waals surface area contributed by atoms with Gasteiger partial charge in [0, 0.05) is 41.9 Å². The molecule has 96 valence electrons. The lowest BCUT2D eigenvalue weighted by Gasteiger charge is -2.26. The normalized spacial score (nSPS) is 17.3. The molecule has 0 aromatic heterocycles. The van der Waals surface area contributed by atoms with Crippen molar-refractivity contribution in [3.8, 4) is 11.8 Å². The van der Waals surface area contributed by atoms with Crippen molar-refractivity contribution >= 4 is 10.8 Å². The molecule has 1 aromatic rings. The van der Waals surface area contributed by atoms with Gasteiger partial charge in [0.15, 0.2) is 0 Å². The monoisotopic (exact) mass is 264 g/mol. The molecule has 1 aliphatic heterocycles. The maximum Gasteiger partial charge on any atom is 0.136 e. The van der Waals surface area contributed by atoms with Crippen LogP contribution in [-0.4, -0.2) is 40.8 Å². The zero-order valence-electron chi connectivity index (χ0n) is 10.4. The lowest BCUT2D eigenvalue weighted by atomic mass is 10.1. The zero-order valence-corrected chi connectivity index (χ0v) is 11.2. The lowest BCUT2D eigenvalue weighted by Crippen LogP contribution is -2.37. The van der Waals surface area contributed by atoms with Gasteiger partial charge in [0.25, 0.3) is 0 Å². The molecule has 4 nitrogen and oxygen atoms in total. The highest BCUT2D eigenvalue weighted by Crippen LogP contribution is 2.20. The van der Waals surface area contributed by atoms with Gasteiger partial charge in [0.05, 0.1) is 12.7 Å². The summed E-state index contributed by atoms with van der Waals surface area (Å²) in [5.74, 6) is 2.14. The first-order valence-corrected chi connectivity index (χ1v) is 7.36. The van der Waals surface area contributed by atoms with E-state index in [2.05, 4.69) is 11.0 Å². The van der Waals surface area contributed by atoms with Gasteiger partial charge in [-0.3, -0.25) is 9.11 Å². The molecule has 0 aliphatic carbocycles. The third-order valence-electron chi connectivity index (χ3n) is 3.06. The average molecular weight is 264 g/mol. The Labute approximate surface area is 110 Å². The standard InChI is InChI=1S/C13H16N2O2S/c1-17-13-8-11(2-3-12(13)9-14)10-15-4-6-18(16)7-5-15/h2-3,8H,4-7,10H2,1H3. The smallest absolute Gasteiger partial charge is 0.136 e.